The molecule has 2 aromatic heterocycles. The SMILES string of the molecule is Cc1ccc(-n2c3ccccc3c3c(-n4c5ccccc5c5ccccc54)cccc32)cc1. The summed E-state index contributed by atoms with van der Waals surface area (Å²) in [5.74, 6) is 0. The van der Waals surface area contributed by atoms with Gasteiger partial charge in [0.15, 0.2) is 0 Å². The maximum absolute atomic E-state index is 2.43. The van der Waals surface area contributed by atoms with Gasteiger partial charge in [0, 0.05) is 27.2 Å². The van der Waals surface area contributed by atoms with Gasteiger partial charge in [0.05, 0.1) is 27.8 Å². The van der Waals surface area contributed by atoms with Gasteiger partial charge in [-0.1, -0.05) is 78.4 Å². The van der Waals surface area contributed by atoms with Crippen LogP contribution in [0.15, 0.2) is 115 Å². The Morgan fingerprint density at radius 3 is 1.58 bits per heavy atom. The van der Waals surface area contributed by atoms with Gasteiger partial charge < -0.3 is 9.13 Å². The van der Waals surface area contributed by atoms with Gasteiger partial charge in [-0.3, -0.25) is 0 Å². The first-order chi connectivity index (χ1) is 16.3. The van der Waals surface area contributed by atoms with E-state index in [1.807, 2.05) is 0 Å². The van der Waals surface area contributed by atoms with Gasteiger partial charge in [0.1, 0.15) is 0 Å². The molecule has 0 fully saturated rings. The summed E-state index contributed by atoms with van der Waals surface area (Å²) in [6.07, 6.45) is 0. The minimum atomic E-state index is 1.19. The van der Waals surface area contributed by atoms with Crippen molar-refractivity contribution in [2.45, 2.75) is 6.92 Å². The van der Waals surface area contributed by atoms with Crippen molar-refractivity contribution in [1.29, 1.82) is 0 Å². The Hall–Kier alpha value is -4.30. The fourth-order valence-corrected chi connectivity index (χ4v) is 5.34. The third kappa shape index (κ3) is 2.55. The van der Waals surface area contributed by atoms with Gasteiger partial charge in [-0.2, -0.15) is 0 Å². The molecular formula is C31H22N2. The third-order valence-electron chi connectivity index (χ3n) is 6.79. The number of aromatic nitrogens is 2. The molecule has 0 aliphatic rings. The van der Waals surface area contributed by atoms with Crippen molar-refractivity contribution in [2.75, 3.05) is 0 Å². The summed E-state index contributed by atoms with van der Waals surface area (Å²) in [4.78, 5) is 0. The van der Waals surface area contributed by atoms with Crippen LogP contribution >= 0.6 is 0 Å². The molecule has 7 aromatic rings. The highest BCUT2D eigenvalue weighted by molar-refractivity contribution is 6.16. The molecule has 0 saturated carbocycles. The Labute approximate surface area is 191 Å². The first-order valence-corrected chi connectivity index (χ1v) is 11.4. The van der Waals surface area contributed by atoms with Crippen molar-refractivity contribution < 1.29 is 0 Å². The van der Waals surface area contributed by atoms with E-state index in [9.17, 15) is 0 Å². The predicted octanol–water partition coefficient (Wildman–Crippen LogP) is 8.19. The summed E-state index contributed by atoms with van der Waals surface area (Å²) < 4.78 is 4.82. The Balaban J connectivity index is 1.67. The number of rotatable bonds is 2. The molecule has 0 amide bonds. The molecule has 0 radical (unpaired) electrons. The Morgan fingerprint density at radius 2 is 0.939 bits per heavy atom. The molecule has 0 unspecified atom stereocenters. The van der Waals surface area contributed by atoms with Crippen LogP contribution in [-0.4, -0.2) is 9.13 Å². The lowest BCUT2D eigenvalue weighted by Crippen LogP contribution is -1.96. The van der Waals surface area contributed by atoms with Crippen LogP contribution in [0.25, 0.3) is 55.0 Å². The first-order valence-electron chi connectivity index (χ1n) is 11.4. The van der Waals surface area contributed by atoms with E-state index in [1.54, 1.807) is 0 Å². The Bertz CT molecular complexity index is 1760. The second-order valence-electron chi connectivity index (χ2n) is 8.73. The fraction of sp³-hybridized carbons (Fsp3) is 0.0323. The minimum Gasteiger partial charge on any atom is -0.309 e. The molecule has 33 heavy (non-hydrogen) atoms. The van der Waals surface area contributed by atoms with Crippen molar-refractivity contribution in [1.82, 2.24) is 9.13 Å². The summed E-state index contributed by atoms with van der Waals surface area (Å²) in [6, 6.07) is 41.7. The molecule has 0 N–H and O–H groups in total. The van der Waals surface area contributed by atoms with Crippen LogP contribution in [0.1, 0.15) is 5.56 Å². The van der Waals surface area contributed by atoms with E-state index in [2.05, 4.69) is 131 Å². The first kappa shape index (κ1) is 18.3. The summed E-state index contributed by atoms with van der Waals surface area (Å²) >= 11 is 0. The average Bonchev–Trinajstić information content (AvgIpc) is 3.38. The molecule has 2 nitrogen and oxygen atoms in total. The number of nitrogens with zero attached hydrogens (tertiary/aromatic N) is 2. The minimum absolute atomic E-state index is 1.19. The molecule has 0 spiro atoms. The number of hydrogen-bond donors (Lipinski definition) is 0. The molecule has 0 atom stereocenters. The predicted molar refractivity (Wildman–Crippen MR) is 140 cm³/mol. The van der Waals surface area contributed by atoms with E-state index in [1.165, 1.54) is 60.5 Å². The van der Waals surface area contributed by atoms with Crippen LogP contribution < -0.4 is 0 Å². The molecule has 0 bridgehead atoms. The van der Waals surface area contributed by atoms with E-state index in [4.69, 9.17) is 0 Å². The van der Waals surface area contributed by atoms with E-state index < -0.39 is 0 Å². The van der Waals surface area contributed by atoms with Gasteiger partial charge in [-0.05, 0) is 49.4 Å². The molecule has 0 aliphatic heterocycles. The van der Waals surface area contributed by atoms with Crippen molar-refractivity contribution in [2.24, 2.45) is 0 Å². The number of aryl methyl sites for hydroxylation is 1. The second-order valence-corrected chi connectivity index (χ2v) is 8.73. The van der Waals surface area contributed by atoms with Crippen molar-refractivity contribution >= 4 is 43.6 Å². The lowest BCUT2D eigenvalue weighted by molar-refractivity contribution is 1.17. The van der Waals surface area contributed by atoms with Crippen LogP contribution in [0, 0.1) is 6.92 Å². The van der Waals surface area contributed by atoms with Crippen molar-refractivity contribution in [3.05, 3.63) is 121 Å². The van der Waals surface area contributed by atoms with Crippen LogP contribution in [-0.2, 0) is 0 Å². The van der Waals surface area contributed by atoms with Crippen LogP contribution in [0.5, 0.6) is 0 Å². The second kappa shape index (κ2) is 6.85. The smallest absolute Gasteiger partial charge is 0.0562 e. The van der Waals surface area contributed by atoms with E-state index in [-0.39, 0.29) is 0 Å². The number of benzene rings is 5. The maximum atomic E-state index is 2.43. The number of hydrogen-bond acceptors (Lipinski definition) is 0. The molecule has 2 heteroatoms. The largest absolute Gasteiger partial charge is 0.309 e. The van der Waals surface area contributed by atoms with Crippen LogP contribution in [0.3, 0.4) is 0 Å². The topological polar surface area (TPSA) is 9.86 Å². The van der Waals surface area contributed by atoms with E-state index in [0.717, 1.165) is 0 Å². The summed E-state index contributed by atoms with van der Waals surface area (Å²) in [7, 11) is 0. The zero-order valence-corrected chi connectivity index (χ0v) is 18.4. The monoisotopic (exact) mass is 422 g/mol. The van der Waals surface area contributed by atoms with Gasteiger partial charge in [0.25, 0.3) is 0 Å². The van der Waals surface area contributed by atoms with E-state index in [0.29, 0.717) is 0 Å². The summed E-state index contributed by atoms with van der Waals surface area (Å²) in [6.45, 7) is 2.13. The Morgan fingerprint density at radius 1 is 0.424 bits per heavy atom. The maximum Gasteiger partial charge on any atom is 0.0562 e. The zero-order chi connectivity index (χ0) is 21.9. The van der Waals surface area contributed by atoms with Gasteiger partial charge in [-0.15, -0.1) is 0 Å². The van der Waals surface area contributed by atoms with Gasteiger partial charge in [0.2, 0.25) is 0 Å². The fourth-order valence-electron chi connectivity index (χ4n) is 5.34. The third-order valence-corrected chi connectivity index (χ3v) is 6.79. The van der Waals surface area contributed by atoms with E-state index >= 15 is 0 Å². The number of para-hydroxylation sites is 3. The lowest BCUT2D eigenvalue weighted by Gasteiger charge is -2.11. The highest BCUT2D eigenvalue weighted by Crippen LogP contribution is 2.39. The summed E-state index contributed by atoms with van der Waals surface area (Å²) in [5.41, 5.74) is 8.59. The van der Waals surface area contributed by atoms with Crippen molar-refractivity contribution in [3.8, 4) is 11.4 Å². The van der Waals surface area contributed by atoms with Crippen molar-refractivity contribution in [3.63, 3.8) is 0 Å². The summed E-state index contributed by atoms with van der Waals surface area (Å²) in [5, 5.41) is 5.12. The molecule has 5 aromatic carbocycles. The molecule has 0 aliphatic carbocycles. The Kier molecular flexibility index (Phi) is 3.80. The molecule has 7 rings (SSSR count). The van der Waals surface area contributed by atoms with Crippen LogP contribution in [0.4, 0.5) is 0 Å². The average molecular weight is 423 g/mol. The molecular weight excluding hydrogens is 400 g/mol. The normalized spacial score (nSPS) is 11.8. The highest BCUT2D eigenvalue weighted by Gasteiger charge is 2.18. The lowest BCUT2D eigenvalue weighted by atomic mass is 10.1. The van der Waals surface area contributed by atoms with Gasteiger partial charge >= 0.3 is 0 Å². The quantitative estimate of drug-likeness (QED) is 0.266. The molecule has 156 valence electrons. The van der Waals surface area contributed by atoms with Crippen LogP contribution in [0.2, 0.25) is 0 Å². The molecule has 2 heterocycles. The standard InChI is InChI=1S/C31H22N2/c1-21-17-19-22(20-18-21)32-28-14-7-4-11-25(28)31-29(32)15-8-16-30(31)33-26-12-5-2-9-23(26)24-10-3-6-13-27(24)33/h2-20H,1H3. The van der Waals surface area contributed by atoms with Gasteiger partial charge in [-0.25, -0.2) is 0 Å². The highest BCUT2D eigenvalue weighted by atomic mass is 15.0. The number of fused-ring (bicyclic) bond motifs is 6. The molecule has 0 saturated heterocycles. The zero-order valence-electron chi connectivity index (χ0n) is 18.4.